The topological polar surface area (TPSA) is 29.9 Å². The molecule has 1 aliphatic carbocycles. The van der Waals surface area contributed by atoms with E-state index in [0.717, 1.165) is 23.1 Å². The van der Waals surface area contributed by atoms with Gasteiger partial charge in [0.2, 0.25) is 0 Å². The van der Waals surface area contributed by atoms with E-state index >= 15 is 0 Å². The highest BCUT2D eigenvalue weighted by Crippen LogP contribution is 2.39. The minimum absolute atomic E-state index is 0.370. The molecule has 1 aromatic heterocycles. The molecule has 0 aliphatic heterocycles. The quantitative estimate of drug-likeness (QED) is 0.829. The van der Waals surface area contributed by atoms with E-state index in [9.17, 15) is 0 Å². The summed E-state index contributed by atoms with van der Waals surface area (Å²) in [6.07, 6.45) is 5.79. The van der Waals surface area contributed by atoms with Crippen molar-refractivity contribution >= 4 is 15.9 Å². The van der Waals surface area contributed by atoms with Gasteiger partial charge < -0.3 is 5.32 Å². The van der Waals surface area contributed by atoms with Gasteiger partial charge in [-0.2, -0.15) is 5.10 Å². The van der Waals surface area contributed by atoms with Crippen LogP contribution in [0.1, 0.15) is 56.3 Å². The van der Waals surface area contributed by atoms with Crippen LogP contribution in [0.5, 0.6) is 0 Å². The third-order valence-electron chi connectivity index (χ3n) is 4.02. The number of hydrogen-bond acceptors (Lipinski definition) is 2. The Morgan fingerprint density at radius 3 is 2.86 bits per heavy atom. The van der Waals surface area contributed by atoms with Gasteiger partial charge in [0.25, 0.3) is 0 Å². The summed E-state index contributed by atoms with van der Waals surface area (Å²) >= 11 is 3.69. The fourth-order valence-electron chi connectivity index (χ4n) is 2.53. The molecule has 1 atom stereocenters. The second kappa shape index (κ2) is 6.32. The zero-order chi connectivity index (χ0) is 14.8. The normalized spacial score (nSPS) is 16.1. The lowest BCUT2D eigenvalue weighted by Crippen LogP contribution is -2.19. The number of benzene rings is 1. The molecule has 0 saturated heterocycles. The first-order valence-corrected chi connectivity index (χ1v) is 8.57. The SMILES string of the molecule is CCCNC(C)c1ccc(-n2ccc(C3CC3)n2)c(Br)c1. The average molecular weight is 348 g/mol. The van der Waals surface area contributed by atoms with Crippen LogP contribution < -0.4 is 5.32 Å². The predicted molar refractivity (Wildman–Crippen MR) is 89.9 cm³/mol. The molecule has 0 amide bonds. The molecule has 1 aliphatic rings. The highest BCUT2D eigenvalue weighted by Gasteiger charge is 2.26. The van der Waals surface area contributed by atoms with E-state index in [1.54, 1.807) is 0 Å². The summed E-state index contributed by atoms with van der Waals surface area (Å²) in [5.74, 6) is 0.697. The Kier molecular flexibility index (Phi) is 4.45. The highest BCUT2D eigenvalue weighted by molar-refractivity contribution is 9.10. The van der Waals surface area contributed by atoms with E-state index in [1.807, 2.05) is 4.68 Å². The molecule has 112 valence electrons. The molecule has 0 radical (unpaired) electrons. The van der Waals surface area contributed by atoms with E-state index in [0.29, 0.717) is 12.0 Å². The zero-order valence-corrected chi connectivity index (χ0v) is 14.2. The Bertz CT molecular complexity index is 616. The van der Waals surface area contributed by atoms with Crippen LogP contribution >= 0.6 is 15.9 Å². The molecule has 4 heteroatoms. The van der Waals surface area contributed by atoms with Crippen molar-refractivity contribution in [3.05, 3.63) is 46.2 Å². The Morgan fingerprint density at radius 2 is 2.19 bits per heavy atom. The molecular formula is C17H22BrN3. The molecule has 21 heavy (non-hydrogen) atoms. The number of rotatable bonds is 6. The van der Waals surface area contributed by atoms with Crippen LogP contribution in [0, 0.1) is 0 Å². The first-order valence-electron chi connectivity index (χ1n) is 7.77. The Morgan fingerprint density at radius 1 is 1.38 bits per heavy atom. The van der Waals surface area contributed by atoms with Crippen molar-refractivity contribution in [3.8, 4) is 5.69 Å². The van der Waals surface area contributed by atoms with E-state index in [1.165, 1.54) is 24.1 Å². The van der Waals surface area contributed by atoms with E-state index in [2.05, 4.69) is 65.6 Å². The number of nitrogens with one attached hydrogen (secondary N) is 1. The molecule has 1 unspecified atom stereocenters. The maximum atomic E-state index is 4.70. The lowest BCUT2D eigenvalue weighted by Gasteiger charge is -2.15. The van der Waals surface area contributed by atoms with Crippen molar-refractivity contribution in [3.63, 3.8) is 0 Å². The van der Waals surface area contributed by atoms with Crippen molar-refractivity contribution in [2.75, 3.05) is 6.54 Å². The van der Waals surface area contributed by atoms with Crippen molar-refractivity contribution in [2.45, 2.75) is 45.1 Å². The van der Waals surface area contributed by atoms with Crippen LogP contribution in [0.3, 0.4) is 0 Å². The summed E-state index contributed by atoms with van der Waals surface area (Å²) in [5, 5.41) is 8.22. The predicted octanol–water partition coefficient (Wildman–Crippen LogP) is 4.57. The van der Waals surface area contributed by atoms with Crippen molar-refractivity contribution in [1.82, 2.24) is 15.1 Å². The third-order valence-corrected chi connectivity index (χ3v) is 4.66. The van der Waals surface area contributed by atoms with E-state index < -0.39 is 0 Å². The lowest BCUT2D eigenvalue weighted by molar-refractivity contribution is 0.570. The van der Waals surface area contributed by atoms with Gasteiger partial charge in [0, 0.05) is 22.6 Å². The van der Waals surface area contributed by atoms with Gasteiger partial charge in [0.15, 0.2) is 0 Å². The maximum absolute atomic E-state index is 4.70. The first-order chi connectivity index (χ1) is 10.2. The molecule has 1 fully saturated rings. The average Bonchev–Trinajstić information content (AvgIpc) is 3.23. The molecule has 1 saturated carbocycles. The van der Waals surface area contributed by atoms with Gasteiger partial charge in [-0.25, -0.2) is 4.68 Å². The second-order valence-corrected chi connectivity index (χ2v) is 6.70. The summed E-state index contributed by atoms with van der Waals surface area (Å²) in [6.45, 7) is 5.44. The van der Waals surface area contributed by atoms with E-state index in [4.69, 9.17) is 5.10 Å². The van der Waals surface area contributed by atoms with Crippen molar-refractivity contribution < 1.29 is 0 Å². The van der Waals surface area contributed by atoms with Crippen LogP contribution in [0.4, 0.5) is 0 Å². The fraction of sp³-hybridized carbons (Fsp3) is 0.471. The van der Waals surface area contributed by atoms with Crippen molar-refractivity contribution in [1.29, 1.82) is 0 Å². The molecule has 2 aromatic rings. The Balaban J connectivity index is 1.79. The zero-order valence-electron chi connectivity index (χ0n) is 12.6. The van der Waals surface area contributed by atoms with Gasteiger partial charge >= 0.3 is 0 Å². The molecule has 3 nitrogen and oxygen atoms in total. The van der Waals surface area contributed by atoms with E-state index in [-0.39, 0.29) is 0 Å². The minimum Gasteiger partial charge on any atom is -0.310 e. The van der Waals surface area contributed by atoms with Gasteiger partial charge in [0.1, 0.15) is 0 Å². The minimum atomic E-state index is 0.370. The molecule has 0 spiro atoms. The molecule has 3 rings (SSSR count). The van der Waals surface area contributed by atoms with Crippen LogP contribution in [0.2, 0.25) is 0 Å². The number of halogens is 1. The number of hydrogen-bond donors (Lipinski definition) is 1. The Hall–Kier alpha value is -1.13. The first kappa shape index (κ1) is 14.8. The molecule has 0 bridgehead atoms. The molecule has 1 N–H and O–H groups in total. The van der Waals surface area contributed by atoms with Crippen LogP contribution in [-0.2, 0) is 0 Å². The standard InChI is InChI=1S/C17H22BrN3/c1-3-9-19-12(2)14-6-7-17(15(18)11-14)21-10-8-16(20-21)13-4-5-13/h6-8,10-13,19H,3-5,9H2,1-2H3. The van der Waals surface area contributed by atoms with Crippen LogP contribution in [0.25, 0.3) is 5.69 Å². The largest absolute Gasteiger partial charge is 0.310 e. The highest BCUT2D eigenvalue weighted by atomic mass is 79.9. The number of nitrogens with zero attached hydrogens (tertiary/aromatic N) is 2. The Labute approximate surface area is 134 Å². The molecule has 1 aromatic carbocycles. The van der Waals surface area contributed by atoms with Gasteiger partial charge in [-0.3, -0.25) is 0 Å². The van der Waals surface area contributed by atoms with Gasteiger partial charge in [-0.15, -0.1) is 0 Å². The molecule has 1 heterocycles. The fourth-order valence-corrected chi connectivity index (χ4v) is 3.10. The molecular weight excluding hydrogens is 326 g/mol. The summed E-state index contributed by atoms with van der Waals surface area (Å²) in [6, 6.07) is 9.04. The lowest BCUT2D eigenvalue weighted by atomic mass is 10.1. The van der Waals surface area contributed by atoms with Gasteiger partial charge in [-0.1, -0.05) is 13.0 Å². The monoisotopic (exact) mass is 347 g/mol. The number of aromatic nitrogens is 2. The van der Waals surface area contributed by atoms with Crippen molar-refractivity contribution in [2.24, 2.45) is 0 Å². The second-order valence-electron chi connectivity index (χ2n) is 5.85. The summed E-state index contributed by atoms with van der Waals surface area (Å²) in [7, 11) is 0. The van der Waals surface area contributed by atoms with Crippen LogP contribution in [-0.4, -0.2) is 16.3 Å². The summed E-state index contributed by atoms with van der Waals surface area (Å²) < 4.78 is 3.07. The van der Waals surface area contributed by atoms with Crippen LogP contribution in [0.15, 0.2) is 34.9 Å². The van der Waals surface area contributed by atoms with Gasteiger partial charge in [0.05, 0.1) is 11.4 Å². The summed E-state index contributed by atoms with van der Waals surface area (Å²) in [5.41, 5.74) is 3.63. The smallest absolute Gasteiger partial charge is 0.0787 e. The third kappa shape index (κ3) is 3.38. The maximum Gasteiger partial charge on any atom is 0.0787 e. The summed E-state index contributed by atoms with van der Waals surface area (Å²) in [4.78, 5) is 0. The van der Waals surface area contributed by atoms with Gasteiger partial charge in [-0.05, 0) is 72.4 Å².